The standard InChI is InChI=1S/C16H23N.C2H6/c1-15(2)8-10-17-11-9-16(3,4)13-7-5-6-12(15)14(13)17;1-2/h5-7H,8-11H2,1-4H3;1-2H3. The van der Waals surface area contributed by atoms with Gasteiger partial charge in [0.25, 0.3) is 0 Å². The molecule has 0 aromatic heterocycles. The van der Waals surface area contributed by atoms with E-state index in [-0.39, 0.29) is 0 Å². The first kappa shape index (κ1) is 14.4. The monoisotopic (exact) mass is 259 g/mol. The van der Waals surface area contributed by atoms with Crippen molar-refractivity contribution in [3.05, 3.63) is 29.3 Å². The quantitative estimate of drug-likeness (QED) is 0.641. The number of rotatable bonds is 0. The lowest BCUT2D eigenvalue weighted by Crippen LogP contribution is -2.44. The second-order valence-electron chi connectivity index (χ2n) is 6.96. The molecular formula is C18H29N. The Morgan fingerprint density at radius 2 is 1.26 bits per heavy atom. The SMILES string of the molecule is CC.CC1(C)CCN2CCC(C)(C)c3cccc1c32. The first-order chi connectivity index (χ1) is 8.92. The third-order valence-electron chi connectivity index (χ3n) is 4.82. The number of hydrogen-bond acceptors (Lipinski definition) is 1. The Balaban J connectivity index is 0.000000637. The van der Waals surface area contributed by atoms with Crippen molar-refractivity contribution >= 4 is 5.69 Å². The Morgan fingerprint density at radius 3 is 1.68 bits per heavy atom. The Hall–Kier alpha value is -0.980. The van der Waals surface area contributed by atoms with Crippen LogP contribution in [-0.4, -0.2) is 13.1 Å². The molecule has 0 atom stereocenters. The molecule has 2 heterocycles. The van der Waals surface area contributed by atoms with E-state index in [1.54, 1.807) is 16.8 Å². The van der Waals surface area contributed by atoms with E-state index >= 15 is 0 Å². The molecule has 2 aliphatic heterocycles. The number of para-hydroxylation sites is 1. The molecule has 1 aromatic carbocycles. The van der Waals surface area contributed by atoms with Crippen LogP contribution in [0.4, 0.5) is 5.69 Å². The fraction of sp³-hybridized carbons (Fsp3) is 0.667. The average Bonchev–Trinajstić information content (AvgIpc) is 2.39. The largest absolute Gasteiger partial charge is 0.371 e. The zero-order valence-corrected chi connectivity index (χ0v) is 13.5. The molecular weight excluding hydrogens is 230 g/mol. The average molecular weight is 259 g/mol. The van der Waals surface area contributed by atoms with Crippen molar-refractivity contribution in [1.29, 1.82) is 0 Å². The van der Waals surface area contributed by atoms with Gasteiger partial charge in [-0.2, -0.15) is 0 Å². The van der Waals surface area contributed by atoms with E-state index in [1.807, 2.05) is 13.8 Å². The van der Waals surface area contributed by atoms with Crippen molar-refractivity contribution in [3.8, 4) is 0 Å². The zero-order valence-electron chi connectivity index (χ0n) is 13.5. The first-order valence-corrected chi connectivity index (χ1v) is 7.81. The highest BCUT2D eigenvalue weighted by Crippen LogP contribution is 2.48. The van der Waals surface area contributed by atoms with E-state index in [0.29, 0.717) is 10.8 Å². The van der Waals surface area contributed by atoms with Gasteiger partial charge in [-0.3, -0.25) is 0 Å². The van der Waals surface area contributed by atoms with E-state index in [9.17, 15) is 0 Å². The van der Waals surface area contributed by atoms with Crippen molar-refractivity contribution in [2.24, 2.45) is 0 Å². The summed E-state index contributed by atoms with van der Waals surface area (Å²) in [6.45, 7) is 16.0. The number of nitrogens with zero attached hydrogens (tertiary/aromatic N) is 1. The van der Waals surface area contributed by atoms with Crippen LogP contribution in [0.1, 0.15) is 65.5 Å². The van der Waals surface area contributed by atoms with E-state index in [2.05, 4.69) is 50.8 Å². The lowest BCUT2D eigenvalue weighted by atomic mass is 9.70. The van der Waals surface area contributed by atoms with Crippen molar-refractivity contribution in [1.82, 2.24) is 0 Å². The Bertz CT molecular complexity index is 419. The van der Waals surface area contributed by atoms with Crippen molar-refractivity contribution in [2.45, 2.75) is 65.2 Å². The molecule has 1 heteroatoms. The predicted octanol–water partition coefficient (Wildman–Crippen LogP) is 4.88. The molecule has 2 aliphatic rings. The summed E-state index contributed by atoms with van der Waals surface area (Å²) in [5, 5.41) is 0. The van der Waals surface area contributed by atoms with Crippen molar-refractivity contribution < 1.29 is 0 Å². The summed E-state index contributed by atoms with van der Waals surface area (Å²) in [5.74, 6) is 0. The predicted molar refractivity (Wildman–Crippen MR) is 85.3 cm³/mol. The fourth-order valence-corrected chi connectivity index (χ4v) is 3.41. The summed E-state index contributed by atoms with van der Waals surface area (Å²) < 4.78 is 0. The highest BCUT2D eigenvalue weighted by atomic mass is 15.2. The molecule has 0 bridgehead atoms. The third-order valence-corrected chi connectivity index (χ3v) is 4.82. The van der Waals surface area contributed by atoms with Crippen LogP contribution >= 0.6 is 0 Å². The van der Waals surface area contributed by atoms with Crippen LogP contribution in [0.15, 0.2) is 18.2 Å². The van der Waals surface area contributed by atoms with Gasteiger partial charge < -0.3 is 4.90 Å². The Labute approximate surface area is 119 Å². The molecule has 1 aromatic rings. The minimum Gasteiger partial charge on any atom is -0.371 e. The molecule has 106 valence electrons. The highest BCUT2D eigenvalue weighted by Gasteiger charge is 2.39. The second kappa shape index (κ2) is 4.85. The van der Waals surface area contributed by atoms with Crippen molar-refractivity contribution in [3.63, 3.8) is 0 Å². The van der Waals surface area contributed by atoms with Crippen LogP contribution in [0.25, 0.3) is 0 Å². The summed E-state index contributed by atoms with van der Waals surface area (Å²) in [7, 11) is 0. The van der Waals surface area contributed by atoms with Gasteiger partial charge in [-0.05, 0) is 34.8 Å². The topological polar surface area (TPSA) is 3.24 Å². The molecule has 0 fully saturated rings. The summed E-state index contributed by atoms with van der Waals surface area (Å²) in [6.07, 6.45) is 2.56. The summed E-state index contributed by atoms with van der Waals surface area (Å²) in [5.41, 5.74) is 5.37. The maximum absolute atomic E-state index is 2.61. The fourth-order valence-electron chi connectivity index (χ4n) is 3.41. The van der Waals surface area contributed by atoms with E-state index in [4.69, 9.17) is 0 Å². The van der Waals surface area contributed by atoms with E-state index < -0.39 is 0 Å². The minimum atomic E-state index is 0.343. The Morgan fingerprint density at radius 1 is 0.842 bits per heavy atom. The van der Waals surface area contributed by atoms with Crippen LogP contribution in [0.3, 0.4) is 0 Å². The van der Waals surface area contributed by atoms with Crippen LogP contribution in [0.2, 0.25) is 0 Å². The Kier molecular flexibility index (Phi) is 3.68. The van der Waals surface area contributed by atoms with Gasteiger partial charge in [0.05, 0.1) is 0 Å². The van der Waals surface area contributed by atoms with Gasteiger partial charge in [0, 0.05) is 18.8 Å². The van der Waals surface area contributed by atoms with Crippen LogP contribution in [0, 0.1) is 0 Å². The van der Waals surface area contributed by atoms with Crippen LogP contribution in [-0.2, 0) is 10.8 Å². The maximum Gasteiger partial charge on any atom is 0.0442 e. The van der Waals surface area contributed by atoms with Crippen molar-refractivity contribution in [2.75, 3.05) is 18.0 Å². The van der Waals surface area contributed by atoms with Gasteiger partial charge >= 0.3 is 0 Å². The van der Waals surface area contributed by atoms with Gasteiger partial charge in [-0.25, -0.2) is 0 Å². The van der Waals surface area contributed by atoms with Gasteiger partial charge in [-0.15, -0.1) is 0 Å². The number of hydrogen-bond donors (Lipinski definition) is 0. The molecule has 0 N–H and O–H groups in total. The van der Waals surface area contributed by atoms with Gasteiger partial charge in [0.2, 0.25) is 0 Å². The zero-order chi connectivity index (χ0) is 14.3. The summed E-state index contributed by atoms with van der Waals surface area (Å²) in [4.78, 5) is 2.61. The van der Waals surface area contributed by atoms with Gasteiger partial charge in [0.1, 0.15) is 0 Å². The van der Waals surface area contributed by atoms with E-state index in [0.717, 1.165) is 0 Å². The molecule has 1 nitrogen and oxygen atoms in total. The molecule has 0 spiro atoms. The molecule has 3 rings (SSSR count). The second-order valence-corrected chi connectivity index (χ2v) is 6.96. The van der Waals surface area contributed by atoms with Gasteiger partial charge in [-0.1, -0.05) is 59.7 Å². The minimum absolute atomic E-state index is 0.343. The molecule has 0 amide bonds. The lowest BCUT2D eigenvalue weighted by molar-refractivity contribution is 0.401. The summed E-state index contributed by atoms with van der Waals surface area (Å²) in [6, 6.07) is 6.94. The first-order valence-electron chi connectivity index (χ1n) is 7.81. The highest BCUT2D eigenvalue weighted by molar-refractivity contribution is 5.67. The molecule has 0 unspecified atom stereocenters. The molecule has 0 radical (unpaired) electrons. The smallest absolute Gasteiger partial charge is 0.0442 e. The number of anilines is 1. The lowest BCUT2D eigenvalue weighted by Gasteiger charge is -2.48. The third kappa shape index (κ3) is 2.28. The van der Waals surface area contributed by atoms with Crippen LogP contribution < -0.4 is 4.90 Å². The maximum atomic E-state index is 2.61. The normalized spacial score (nSPS) is 22.1. The summed E-state index contributed by atoms with van der Waals surface area (Å²) >= 11 is 0. The molecule has 0 saturated heterocycles. The molecule has 0 aliphatic carbocycles. The molecule has 0 saturated carbocycles. The van der Waals surface area contributed by atoms with Gasteiger partial charge in [0.15, 0.2) is 0 Å². The molecule has 19 heavy (non-hydrogen) atoms. The van der Waals surface area contributed by atoms with Crippen LogP contribution in [0.5, 0.6) is 0 Å². The van der Waals surface area contributed by atoms with E-state index in [1.165, 1.54) is 25.9 Å². The number of benzene rings is 1.